The van der Waals surface area contributed by atoms with Crippen LogP contribution in [-0.2, 0) is 4.74 Å². The van der Waals surface area contributed by atoms with E-state index in [0.29, 0.717) is 17.5 Å². The average Bonchev–Trinajstić information content (AvgIpc) is 3.34. The van der Waals surface area contributed by atoms with E-state index in [1.54, 1.807) is 13.2 Å². The van der Waals surface area contributed by atoms with Crippen LogP contribution in [0.5, 0.6) is 0 Å². The molecule has 2 heterocycles. The van der Waals surface area contributed by atoms with Gasteiger partial charge in [0.05, 0.1) is 0 Å². The number of hydrogen-bond donors (Lipinski definition) is 1. The predicted octanol–water partition coefficient (Wildman–Crippen LogP) is 3.11. The molecular weight excluding hydrogens is 348 g/mol. The zero-order valence-electron chi connectivity index (χ0n) is 15.1. The molecule has 1 aromatic carbocycles. The van der Waals surface area contributed by atoms with Crippen LogP contribution in [0.3, 0.4) is 0 Å². The fourth-order valence-corrected chi connectivity index (χ4v) is 3.00. The van der Waals surface area contributed by atoms with Gasteiger partial charge in [0.1, 0.15) is 11.8 Å². The van der Waals surface area contributed by atoms with E-state index in [-0.39, 0.29) is 29.7 Å². The molecule has 1 aliphatic carbocycles. The first-order valence-corrected chi connectivity index (χ1v) is 8.83. The molecule has 1 N–H and O–H groups in total. The number of benzene rings is 1. The van der Waals surface area contributed by atoms with Gasteiger partial charge in [0.25, 0.3) is 5.91 Å². The van der Waals surface area contributed by atoms with Crippen LogP contribution < -0.4 is 5.32 Å². The average molecular weight is 368 g/mol. The summed E-state index contributed by atoms with van der Waals surface area (Å²) in [5, 5.41) is 15.0. The second-order valence-electron chi connectivity index (χ2n) is 6.64. The van der Waals surface area contributed by atoms with E-state index >= 15 is 0 Å². The Bertz CT molecular complexity index is 915. The second kappa shape index (κ2) is 7.32. The topological polar surface area (TPSA) is 103 Å². The number of hydrogen-bond acceptors (Lipinski definition) is 7. The molecule has 4 rings (SSSR count). The lowest BCUT2D eigenvalue weighted by molar-refractivity contribution is 0.0851. The summed E-state index contributed by atoms with van der Waals surface area (Å²) in [4.78, 5) is 12.4. The normalized spacial score (nSPS) is 20.1. The van der Waals surface area contributed by atoms with Crippen molar-refractivity contribution >= 4 is 5.91 Å². The van der Waals surface area contributed by atoms with Crippen molar-refractivity contribution in [3.8, 4) is 11.3 Å². The van der Waals surface area contributed by atoms with Gasteiger partial charge >= 0.3 is 0 Å². The number of carbonyl (C=O) groups excluding carboxylic acids is 1. The molecule has 0 aliphatic heterocycles. The Kier molecular flexibility index (Phi) is 4.72. The molecule has 8 heteroatoms. The highest BCUT2D eigenvalue weighted by molar-refractivity contribution is 5.92. The summed E-state index contributed by atoms with van der Waals surface area (Å²) >= 11 is 0. The largest absolute Gasteiger partial charge is 0.422 e. The Balaban J connectivity index is 1.32. The lowest BCUT2D eigenvalue weighted by atomic mass is 9.80. The fourth-order valence-electron chi connectivity index (χ4n) is 3.00. The van der Waals surface area contributed by atoms with Crippen molar-refractivity contribution in [1.29, 1.82) is 0 Å². The third kappa shape index (κ3) is 3.61. The summed E-state index contributed by atoms with van der Waals surface area (Å²) in [6, 6.07) is 11.3. The number of amides is 1. The SMILES string of the molecule is CO[C@H](C)c1nnc([C@H]2C[C@H](NC(=O)c3cc(-c4ccccc4)no3)C2)o1. The molecule has 0 radical (unpaired) electrons. The zero-order chi connectivity index (χ0) is 18.8. The van der Waals surface area contributed by atoms with Crippen molar-refractivity contribution < 1.29 is 18.5 Å². The third-order valence-corrected chi connectivity index (χ3v) is 4.78. The molecule has 1 atom stereocenters. The Morgan fingerprint density at radius 2 is 2.04 bits per heavy atom. The molecule has 1 fully saturated rings. The van der Waals surface area contributed by atoms with Crippen molar-refractivity contribution in [2.45, 2.75) is 37.8 Å². The van der Waals surface area contributed by atoms with Gasteiger partial charge < -0.3 is 19.0 Å². The van der Waals surface area contributed by atoms with Gasteiger partial charge in [-0.3, -0.25) is 4.79 Å². The van der Waals surface area contributed by atoms with Gasteiger partial charge in [-0.05, 0) is 19.8 Å². The van der Waals surface area contributed by atoms with Gasteiger partial charge in [0.15, 0.2) is 0 Å². The number of ether oxygens (including phenoxy) is 1. The molecule has 0 unspecified atom stereocenters. The maximum absolute atomic E-state index is 12.4. The maximum atomic E-state index is 12.4. The molecule has 1 amide bonds. The molecule has 1 saturated carbocycles. The van der Waals surface area contributed by atoms with Crippen LogP contribution in [-0.4, -0.2) is 34.4 Å². The van der Waals surface area contributed by atoms with Crippen molar-refractivity contribution in [3.05, 3.63) is 53.9 Å². The summed E-state index contributed by atoms with van der Waals surface area (Å²) in [6.45, 7) is 1.85. The summed E-state index contributed by atoms with van der Waals surface area (Å²) in [6.07, 6.45) is 1.26. The molecule has 2 aromatic heterocycles. The fraction of sp³-hybridized carbons (Fsp3) is 0.368. The van der Waals surface area contributed by atoms with Gasteiger partial charge in [-0.1, -0.05) is 35.5 Å². The van der Waals surface area contributed by atoms with E-state index in [2.05, 4.69) is 20.7 Å². The molecule has 27 heavy (non-hydrogen) atoms. The molecule has 140 valence electrons. The molecular formula is C19H20N4O4. The number of methoxy groups -OCH3 is 1. The van der Waals surface area contributed by atoms with E-state index < -0.39 is 0 Å². The number of rotatable bonds is 6. The van der Waals surface area contributed by atoms with Gasteiger partial charge in [-0.25, -0.2) is 0 Å². The molecule has 0 saturated heterocycles. The molecule has 3 aromatic rings. The number of aromatic nitrogens is 3. The molecule has 0 bridgehead atoms. The van der Waals surface area contributed by atoms with Crippen LogP contribution in [0.4, 0.5) is 0 Å². The monoisotopic (exact) mass is 368 g/mol. The van der Waals surface area contributed by atoms with Crippen molar-refractivity contribution in [2.75, 3.05) is 7.11 Å². The van der Waals surface area contributed by atoms with Gasteiger partial charge in [0, 0.05) is 30.7 Å². The molecule has 0 spiro atoms. The van der Waals surface area contributed by atoms with Gasteiger partial charge in [-0.2, -0.15) is 0 Å². The highest BCUT2D eigenvalue weighted by atomic mass is 16.5. The van der Waals surface area contributed by atoms with Crippen LogP contribution in [0.2, 0.25) is 0 Å². The van der Waals surface area contributed by atoms with E-state index in [9.17, 15) is 4.79 Å². The Morgan fingerprint density at radius 1 is 1.26 bits per heavy atom. The van der Waals surface area contributed by atoms with E-state index in [0.717, 1.165) is 18.4 Å². The van der Waals surface area contributed by atoms with Crippen molar-refractivity contribution in [1.82, 2.24) is 20.7 Å². The highest BCUT2D eigenvalue weighted by Gasteiger charge is 2.36. The highest BCUT2D eigenvalue weighted by Crippen LogP contribution is 2.36. The van der Waals surface area contributed by atoms with Crippen LogP contribution >= 0.6 is 0 Å². The first-order valence-electron chi connectivity index (χ1n) is 8.83. The first kappa shape index (κ1) is 17.4. The Morgan fingerprint density at radius 3 is 2.78 bits per heavy atom. The molecule has 8 nitrogen and oxygen atoms in total. The van der Waals surface area contributed by atoms with Gasteiger partial charge in [0.2, 0.25) is 17.5 Å². The first-order chi connectivity index (χ1) is 13.1. The van der Waals surface area contributed by atoms with Crippen molar-refractivity contribution in [2.24, 2.45) is 0 Å². The quantitative estimate of drug-likeness (QED) is 0.713. The van der Waals surface area contributed by atoms with Crippen LogP contribution in [0.1, 0.15) is 54.1 Å². The van der Waals surface area contributed by atoms with E-state index in [4.69, 9.17) is 13.7 Å². The van der Waals surface area contributed by atoms with E-state index in [1.165, 1.54) is 0 Å². The summed E-state index contributed by atoms with van der Waals surface area (Å²) in [7, 11) is 1.59. The minimum absolute atomic E-state index is 0.0444. The third-order valence-electron chi connectivity index (χ3n) is 4.78. The van der Waals surface area contributed by atoms with Crippen LogP contribution in [0.25, 0.3) is 11.3 Å². The zero-order valence-corrected chi connectivity index (χ0v) is 15.1. The minimum Gasteiger partial charge on any atom is -0.422 e. The van der Waals surface area contributed by atoms with Gasteiger partial charge in [-0.15, -0.1) is 10.2 Å². The standard InChI is InChI=1S/C19H20N4O4/c1-11(25-2)18-21-22-19(26-18)13-8-14(9-13)20-17(24)16-10-15(23-27-16)12-6-4-3-5-7-12/h3-7,10-11,13-14H,8-9H2,1-2H3,(H,20,24)/t11-,13-,14-/m1/s1. The summed E-state index contributed by atoms with van der Waals surface area (Å²) < 4.78 is 16.0. The summed E-state index contributed by atoms with van der Waals surface area (Å²) in [5.41, 5.74) is 1.54. The van der Waals surface area contributed by atoms with E-state index in [1.807, 2.05) is 37.3 Å². The van der Waals surface area contributed by atoms with Crippen LogP contribution in [0.15, 0.2) is 45.3 Å². The van der Waals surface area contributed by atoms with Crippen molar-refractivity contribution in [3.63, 3.8) is 0 Å². The maximum Gasteiger partial charge on any atom is 0.290 e. The number of nitrogens with zero attached hydrogens (tertiary/aromatic N) is 3. The predicted molar refractivity (Wildman–Crippen MR) is 94.9 cm³/mol. The smallest absolute Gasteiger partial charge is 0.290 e. The summed E-state index contributed by atoms with van der Waals surface area (Å²) in [5.74, 6) is 1.13. The Labute approximate surface area is 155 Å². The lowest BCUT2D eigenvalue weighted by Gasteiger charge is -2.33. The number of carbonyl (C=O) groups is 1. The Hall–Kier alpha value is -3.00. The lowest BCUT2D eigenvalue weighted by Crippen LogP contribution is -2.43. The van der Waals surface area contributed by atoms with Crippen LogP contribution in [0, 0.1) is 0 Å². The second-order valence-corrected chi connectivity index (χ2v) is 6.64. The molecule has 1 aliphatic rings. The number of nitrogens with one attached hydrogen (secondary N) is 1. The minimum atomic E-state index is -0.271.